The fourth-order valence-corrected chi connectivity index (χ4v) is 2.66. The number of H-pyrrole nitrogens is 1. The zero-order chi connectivity index (χ0) is 15.6. The van der Waals surface area contributed by atoms with Crippen molar-refractivity contribution >= 4 is 34.5 Å². The molecule has 9 heteroatoms. The Hall–Kier alpha value is -1.51. The van der Waals surface area contributed by atoms with Crippen molar-refractivity contribution in [3.8, 4) is 0 Å². The van der Waals surface area contributed by atoms with Crippen molar-refractivity contribution in [3.63, 3.8) is 0 Å². The van der Waals surface area contributed by atoms with E-state index in [1.807, 2.05) is 0 Å². The molecule has 0 aliphatic heterocycles. The number of aryl methyl sites for hydroxylation is 1. The lowest BCUT2D eigenvalue weighted by molar-refractivity contribution is 0.322. The number of nitrogens with one attached hydrogen (secondary N) is 1. The smallest absolute Gasteiger partial charge is 0.329 e. The standard InChI is InChI=1S/C12H15ClN4O3S/c1-7(13)3-4-17-8-9(14-12(17)21-6-5-18)16(2)11(20)15-10(8)19/h3,18H,4-6H2,1-2H3,(H,15,19,20)/b7-3+. The van der Waals surface area contributed by atoms with Crippen LogP contribution in [0.25, 0.3) is 11.2 Å². The fraction of sp³-hybridized carbons (Fsp3) is 0.417. The van der Waals surface area contributed by atoms with Gasteiger partial charge in [0.2, 0.25) is 0 Å². The molecule has 2 N–H and O–H groups in total. The molecule has 0 aliphatic rings. The monoisotopic (exact) mass is 330 g/mol. The number of aromatic amines is 1. The van der Waals surface area contributed by atoms with Crippen LogP contribution in [-0.2, 0) is 13.6 Å². The van der Waals surface area contributed by atoms with E-state index < -0.39 is 11.2 Å². The highest BCUT2D eigenvalue weighted by Gasteiger charge is 2.16. The Labute approximate surface area is 129 Å². The van der Waals surface area contributed by atoms with Crippen LogP contribution in [0.3, 0.4) is 0 Å². The summed E-state index contributed by atoms with van der Waals surface area (Å²) in [6, 6.07) is 0. The van der Waals surface area contributed by atoms with E-state index in [0.717, 1.165) is 0 Å². The molecule has 0 fully saturated rings. The third-order valence-corrected chi connectivity index (χ3v) is 3.96. The highest BCUT2D eigenvalue weighted by atomic mass is 35.5. The average molecular weight is 331 g/mol. The van der Waals surface area contributed by atoms with Crippen LogP contribution in [0.15, 0.2) is 25.9 Å². The van der Waals surface area contributed by atoms with E-state index in [2.05, 4.69) is 9.97 Å². The normalized spacial score (nSPS) is 12.3. The lowest BCUT2D eigenvalue weighted by Gasteiger charge is -2.05. The maximum Gasteiger partial charge on any atom is 0.329 e. The number of aliphatic hydroxyl groups is 1. The van der Waals surface area contributed by atoms with Gasteiger partial charge >= 0.3 is 5.69 Å². The molecule has 21 heavy (non-hydrogen) atoms. The molecule has 7 nitrogen and oxygen atoms in total. The van der Waals surface area contributed by atoms with Gasteiger partial charge in [-0.3, -0.25) is 14.3 Å². The van der Waals surface area contributed by atoms with Gasteiger partial charge in [0.25, 0.3) is 5.56 Å². The van der Waals surface area contributed by atoms with Crippen LogP contribution < -0.4 is 11.2 Å². The van der Waals surface area contributed by atoms with E-state index in [1.54, 1.807) is 24.6 Å². The van der Waals surface area contributed by atoms with Crippen molar-refractivity contribution in [1.82, 2.24) is 19.1 Å². The van der Waals surface area contributed by atoms with E-state index in [4.69, 9.17) is 16.7 Å². The Balaban J connectivity index is 2.70. The summed E-state index contributed by atoms with van der Waals surface area (Å²) in [5.74, 6) is 0.443. The predicted molar refractivity (Wildman–Crippen MR) is 83.0 cm³/mol. The lowest BCUT2D eigenvalue weighted by Crippen LogP contribution is -2.29. The van der Waals surface area contributed by atoms with Crippen molar-refractivity contribution in [2.75, 3.05) is 12.4 Å². The number of hydrogen-bond acceptors (Lipinski definition) is 5. The number of aliphatic hydroxyl groups excluding tert-OH is 1. The number of imidazole rings is 1. The molecule has 0 radical (unpaired) electrons. The predicted octanol–water partition coefficient (Wildman–Crippen LogP) is 0.650. The summed E-state index contributed by atoms with van der Waals surface area (Å²) in [5.41, 5.74) is -0.381. The van der Waals surface area contributed by atoms with E-state index in [-0.39, 0.29) is 6.61 Å². The molecule has 0 atom stereocenters. The summed E-state index contributed by atoms with van der Waals surface area (Å²) < 4.78 is 2.97. The Morgan fingerprint density at radius 1 is 1.52 bits per heavy atom. The molecular formula is C12H15ClN4O3S. The first-order valence-electron chi connectivity index (χ1n) is 6.21. The van der Waals surface area contributed by atoms with Gasteiger partial charge in [0, 0.05) is 24.4 Å². The molecular weight excluding hydrogens is 316 g/mol. The topological polar surface area (TPSA) is 92.9 Å². The summed E-state index contributed by atoms with van der Waals surface area (Å²) in [6.45, 7) is 2.09. The molecule has 2 rings (SSSR count). The maximum atomic E-state index is 12.1. The molecule has 0 saturated heterocycles. The van der Waals surface area contributed by atoms with Crippen molar-refractivity contribution in [2.45, 2.75) is 18.6 Å². The number of thioether (sulfide) groups is 1. The Morgan fingerprint density at radius 3 is 2.86 bits per heavy atom. The summed E-state index contributed by atoms with van der Waals surface area (Å²) in [4.78, 5) is 30.3. The van der Waals surface area contributed by atoms with Crippen molar-refractivity contribution in [3.05, 3.63) is 31.9 Å². The van der Waals surface area contributed by atoms with E-state index in [0.29, 0.717) is 33.7 Å². The van der Waals surface area contributed by atoms with Crippen LogP contribution in [0, 0.1) is 0 Å². The number of aromatic nitrogens is 4. The second kappa shape index (κ2) is 6.50. The molecule has 2 heterocycles. The first-order valence-corrected chi connectivity index (χ1v) is 7.57. The van der Waals surface area contributed by atoms with Gasteiger partial charge in [-0.15, -0.1) is 0 Å². The van der Waals surface area contributed by atoms with Crippen LogP contribution in [-0.4, -0.2) is 36.6 Å². The number of hydrogen-bond donors (Lipinski definition) is 2. The first kappa shape index (κ1) is 15.9. The number of rotatable bonds is 5. The number of nitrogens with zero attached hydrogens (tertiary/aromatic N) is 3. The summed E-state index contributed by atoms with van der Waals surface area (Å²) in [6.07, 6.45) is 1.75. The molecule has 0 amide bonds. The zero-order valence-electron chi connectivity index (χ0n) is 11.6. The minimum absolute atomic E-state index is 0.00642. The largest absolute Gasteiger partial charge is 0.396 e. The van der Waals surface area contributed by atoms with Gasteiger partial charge in [-0.2, -0.15) is 0 Å². The van der Waals surface area contributed by atoms with Crippen molar-refractivity contribution < 1.29 is 5.11 Å². The van der Waals surface area contributed by atoms with Crippen molar-refractivity contribution in [1.29, 1.82) is 0 Å². The third kappa shape index (κ3) is 3.22. The molecule has 0 bridgehead atoms. The molecule has 0 aliphatic carbocycles. The van der Waals surface area contributed by atoms with Gasteiger partial charge in [0.1, 0.15) is 0 Å². The number of allylic oxidation sites excluding steroid dienone is 2. The van der Waals surface area contributed by atoms with Gasteiger partial charge in [-0.1, -0.05) is 29.4 Å². The van der Waals surface area contributed by atoms with Crippen LogP contribution in [0.5, 0.6) is 0 Å². The van der Waals surface area contributed by atoms with Crippen LogP contribution in [0.1, 0.15) is 6.92 Å². The third-order valence-electron chi connectivity index (χ3n) is 2.85. The molecule has 114 valence electrons. The molecule has 2 aromatic heterocycles. The minimum atomic E-state index is -0.514. The SMILES string of the molecule is C/C(Cl)=C\Cn1c(SCCO)nc2c1c(=O)[nH]c(=O)n2C. The van der Waals surface area contributed by atoms with Crippen LogP contribution >= 0.6 is 23.4 Å². The van der Waals surface area contributed by atoms with Gasteiger partial charge < -0.3 is 9.67 Å². The second-order valence-corrected chi connectivity index (χ2v) is 6.02. The highest BCUT2D eigenvalue weighted by Crippen LogP contribution is 2.21. The van der Waals surface area contributed by atoms with Crippen molar-refractivity contribution in [2.24, 2.45) is 7.05 Å². The molecule has 0 unspecified atom stereocenters. The summed E-state index contributed by atoms with van der Waals surface area (Å²) in [7, 11) is 1.54. The van der Waals surface area contributed by atoms with E-state index in [1.165, 1.54) is 16.3 Å². The highest BCUT2D eigenvalue weighted by molar-refractivity contribution is 7.99. The van der Waals surface area contributed by atoms with E-state index >= 15 is 0 Å². The van der Waals surface area contributed by atoms with Gasteiger partial charge in [0.15, 0.2) is 16.3 Å². The number of fused-ring (bicyclic) bond motifs is 1. The van der Waals surface area contributed by atoms with Gasteiger partial charge in [-0.25, -0.2) is 9.78 Å². The lowest BCUT2D eigenvalue weighted by atomic mass is 10.4. The van der Waals surface area contributed by atoms with E-state index in [9.17, 15) is 9.59 Å². The Morgan fingerprint density at radius 2 is 2.24 bits per heavy atom. The number of halogens is 1. The van der Waals surface area contributed by atoms with Gasteiger partial charge in [0.05, 0.1) is 6.61 Å². The molecule has 0 saturated carbocycles. The first-order chi connectivity index (χ1) is 9.95. The Bertz CT molecular complexity index is 801. The second-order valence-electron chi connectivity index (χ2n) is 4.36. The van der Waals surface area contributed by atoms with Gasteiger partial charge in [-0.05, 0) is 6.92 Å². The molecule has 0 spiro atoms. The molecule has 0 aromatic carbocycles. The van der Waals surface area contributed by atoms with Crippen LogP contribution in [0.4, 0.5) is 0 Å². The zero-order valence-corrected chi connectivity index (χ0v) is 13.2. The summed E-state index contributed by atoms with van der Waals surface area (Å²) in [5, 5.41) is 10.1. The average Bonchev–Trinajstić information content (AvgIpc) is 2.79. The molecule has 2 aromatic rings. The summed E-state index contributed by atoms with van der Waals surface area (Å²) >= 11 is 7.15. The maximum absolute atomic E-state index is 12.1. The quantitative estimate of drug-likeness (QED) is 0.785. The fourth-order valence-electron chi connectivity index (χ4n) is 1.85. The minimum Gasteiger partial charge on any atom is -0.396 e. The Kier molecular flexibility index (Phi) is 4.92. The van der Waals surface area contributed by atoms with Crippen LogP contribution in [0.2, 0.25) is 0 Å².